The van der Waals surface area contributed by atoms with Gasteiger partial charge >= 0.3 is 42.0 Å². The minimum absolute atomic E-state index is 0.104. The highest BCUT2D eigenvalue weighted by Gasteiger charge is 2.54. The Hall–Kier alpha value is -12.5. The largest absolute Gasteiger partial charge is 0.481 e. The van der Waals surface area contributed by atoms with Crippen LogP contribution in [-0.4, -0.2) is 298 Å². The topological polar surface area (TPSA) is 414 Å². The van der Waals surface area contributed by atoms with Gasteiger partial charge in [-0.3, -0.25) is 58.8 Å². The molecule has 36 nitrogen and oxygen atoms in total. The van der Waals surface area contributed by atoms with E-state index in [1.807, 2.05) is 26.6 Å². The van der Waals surface area contributed by atoms with Crippen molar-refractivity contribution in [3.63, 3.8) is 0 Å². The number of amides is 6. The van der Waals surface area contributed by atoms with Gasteiger partial charge in [-0.25, -0.2) is 61.9 Å². The molecule has 5 aromatic carbocycles. The zero-order chi connectivity index (χ0) is 99.4. The first-order valence-electron chi connectivity index (χ1n) is 44.0. The molecule has 13 heterocycles. The summed E-state index contributed by atoms with van der Waals surface area (Å²) in [6.45, 7) is 12.6. The molecule has 9 aromatic rings. The van der Waals surface area contributed by atoms with Gasteiger partial charge < -0.3 is 69.7 Å². The highest BCUT2D eigenvalue weighted by Crippen LogP contribution is 2.44. The molecule has 9 aliphatic rings. The summed E-state index contributed by atoms with van der Waals surface area (Å²) in [6.07, 6.45) is 1.75. The Balaban J connectivity index is 0.000000151. The van der Waals surface area contributed by atoms with Crippen LogP contribution in [0.3, 0.4) is 0 Å². The molecular formula is C94H95Cl3F3N19O17S4. The molecule has 3 unspecified atom stereocenters. The predicted molar refractivity (Wildman–Crippen MR) is 518 cm³/mol. The summed E-state index contributed by atoms with van der Waals surface area (Å²) in [5, 5.41) is 48.8. The van der Waals surface area contributed by atoms with E-state index in [4.69, 9.17) is 78.6 Å². The Kier molecular flexibility index (Phi) is 30.8. The Labute approximate surface area is 831 Å². The number of aliphatic hydroxyl groups excluding tert-OH is 2. The molecule has 6 saturated heterocycles. The lowest BCUT2D eigenvalue weighted by atomic mass is 9.93. The van der Waals surface area contributed by atoms with Gasteiger partial charge in [-0.15, -0.1) is 45.3 Å². The van der Waals surface area contributed by atoms with E-state index in [-0.39, 0.29) is 99.6 Å². The number of esters is 3. The minimum atomic E-state index is -1.61. The van der Waals surface area contributed by atoms with E-state index in [0.29, 0.717) is 179 Å². The van der Waals surface area contributed by atoms with Crippen LogP contribution >= 0.6 is 80.1 Å². The number of ether oxygens (including phenoxy) is 5. The molecule has 0 spiro atoms. The molecule has 0 aliphatic carbocycles. The number of aliphatic carboxylic acids is 1. The number of hydrogen-bond donors (Lipinski definition) is 6. The van der Waals surface area contributed by atoms with Crippen LogP contribution < -0.4 is 35.4 Å². The Morgan fingerprint density at radius 1 is 0.536 bits per heavy atom. The number of aliphatic imine (C=N–C) groups is 3. The first-order valence-corrected chi connectivity index (χ1v) is 48.6. The average molecular weight is 2050 g/mol. The fourth-order valence-corrected chi connectivity index (χ4v) is 21.5. The molecule has 734 valence electrons. The maximum Gasteiger partial charge on any atom is 0.338 e. The fourth-order valence-electron chi connectivity index (χ4n) is 18.0. The number of urea groups is 3. The number of amidine groups is 3. The standard InChI is InChI=1S/C33H34ClFN6O5S.C32H32ClFN6O6S.C29H29ClFN7O6S2/c1-19(42)33(2,3)46-23-7-5-6-21(15-23)41-17-22-16-39(11-12-40(22)32(41)44)18-26-27(31(43)45-4)28(24-9-8-20(35)14-25(24)34)38-29(37-26)30-36-10-13-47-30;1-45-18-32-16-38(10-11-40(32)31(44)39(17-32)21-6-3-19(4-7-21)13-25(41)42)15-24-26(30(43)46-2)27(22-8-5-20(34)14-23(22)33)37-28(36-24)29-35-9-12-47-29;1-14(39)23(40)24(41)20-13-46-28(34-20)38-11-16-10-36(6-7-37(16)29(38)43)12-19-21(27(42)44-2)22(17-4-3-15(31)9-18(17)30)35-25(33-19)26-32-5-8-45-26/h5-10,13-15,22,28H,11-12,16-18H2,1-4H3,(H,37,38);3-9,12,14,27H,10-11,13,15-18H2,1-2H3,(H,36,37)(H,41,42);3-5,8-9,13,16,22-24,40-41H,6-7,10-12H2,1-2H3,(H,33,35)/t22-,28-;27-,32?;16-,22-,23?,24?/m000/s1. The summed E-state index contributed by atoms with van der Waals surface area (Å²) in [5.41, 5.74) is 4.05. The van der Waals surface area contributed by atoms with Crippen LogP contribution in [0.25, 0.3) is 0 Å². The number of halogens is 6. The number of aliphatic hydroxyl groups is 2. The van der Waals surface area contributed by atoms with Crippen molar-refractivity contribution < 1.29 is 95.3 Å². The van der Waals surface area contributed by atoms with Crippen LogP contribution in [0.2, 0.25) is 15.1 Å². The smallest absolute Gasteiger partial charge is 0.338 e. The van der Waals surface area contributed by atoms with Gasteiger partial charge in [0, 0.05) is 199 Å². The zero-order valence-corrected chi connectivity index (χ0v) is 82.1. The summed E-state index contributed by atoms with van der Waals surface area (Å²) in [5.74, 6) is -3.15. The van der Waals surface area contributed by atoms with E-state index in [1.165, 1.54) is 134 Å². The van der Waals surface area contributed by atoms with Gasteiger partial charge in [-0.1, -0.05) is 71.2 Å². The molecule has 18 rings (SSSR count). The van der Waals surface area contributed by atoms with E-state index >= 15 is 0 Å². The number of Topliss-reactive ketones (excluding diaryl/α,β-unsaturated/α-hetero) is 2. The number of aromatic nitrogens is 4. The molecule has 0 saturated carbocycles. The third-order valence-corrected chi connectivity index (χ3v) is 29.3. The van der Waals surface area contributed by atoms with Crippen molar-refractivity contribution in [3.8, 4) is 5.75 Å². The van der Waals surface area contributed by atoms with Gasteiger partial charge in [-0.2, -0.15) is 0 Å². The Morgan fingerprint density at radius 2 is 0.986 bits per heavy atom. The van der Waals surface area contributed by atoms with E-state index in [1.54, 1.807) is 102 Å². The van der Waals surface area contributed by atoms with Crippen molar-refractivity contribution in [2.45, 2.75) is 87.7 Å². The summed E-state index contributed by atoms with van der Waals surface area (Å²) in [6, 6.07) is 22.6. The SMILES string of the molecule is COC(=O)C1=C(CN2CCN3C(=O)N(c4cccc(OC(C)(C)C(C)=O)c4)C[C@@H]3C2)NC(c2nccs2)=N[C@H]1c1ccc(F)cc1Cl.COC(=O)C1=C(CN2CCN3C(=O)N(c4nc(C(O)C(O)C(C)=O)cs4)C[C@@H]3C2)NC(c2nccs2)=N[C@H]1c1ccc(F)cc1Cl.COCC12CN(CC3=C(C(=O)OC)[C@H](c4ccc(F)cc4Cl)N=C(c4nccs4)N3)CCN1C(=O)N(c1ccc(CC(=O)O)cc1)C2. The first-order chi connectivity index (χ1) is 67.1. The number of carbonyl (C=O) groups is 9. The average Bonchev–Trinajstić information content (AvgIpc) is 1.58. The number of hydrogen-bond acceptors (Lipinski definition) is 33. The van der Waals surface area contributed by atoms with Crippen molar-refractivity contribution in [2.24, 2.45) is 15.0 Å². The van der Waals surface area contributed by atoms with Crippen molar-refractivity contribution >= 4 is 168 Å². The van der Waals surface area contributed by atoms with E-state index in [2.05, 4.69) is 50.6 Å². The normalized spacial score (nSPS) is 21.0. The summed E-state index contributed by atoms with van der Waals surface area (Å²) < 4.78 is 69.2. The van der Waals surface area contributed by atoms with Crippen molar-refractivity contribution in [1.29, 1.82) is 0 Å². The number of carbonyl (C=O) groups excluding carboxylic acids is 8. The number of fused-ring (bicyclic) bond motifs is 3. The fraction of sp³-hybridized carbons (Fsp3) is 0.362. The second-order valence-corrected chi connectivity index (χ2v) is 39.2. The van der Waals surface area contributed by atoms with E-state index in [9.17, 15) is 66.5 Å². The molecule has 140 heavy (non-hydrogen) atoms. The number of rotatable bonds is 28. The molecule has 6 fully saturated rings. The molecule has 9 aliphatic heterocycles. The highest BCUT2D eigenvalue weighted by atomic mass is 35.5. The number of methoxy groups -OCH3 is 4. The van der Waals surface area contributed by atoms with Crippen LogP contribution in [0, 0.1) is 17.5 Å². The minimum Gasteiger partial charge on any atom is -0.481 e. The first kappa shape index (κ1) is 100. The van der Waals surface area contributed by atoms with Crippen LogP contribution in [0.4, 0.5) is 44.1 Å². The number of ketones is 2. The van der Waals surface area contributed by atoms with E-state index < -0.39 is 88.6 Å². The van der Waals surface area contributed by atoms with Crippen LogP contribution in [0.5, 0.6) is 5.75 Å². The number of nitrogens with zero attached hydrogens (tertiary/aromatic N) is 16. The summed E-state index contributed by atoms with van der Waals surface area (Å²) in [4.78, 5) is 164. The maximum absolute atomic E-state index is 14.0. The monoisotopic (exact) mass is 2050 g/mol. The van der Waals surface area contributed by atoms with Gasteiger partial charge in [0.25, 0.3) is 0 Å². The Morgan fingerprint density at radius 3 is 1.41 bits per heavy atom. The number of benzene rings is 5. The predicted octanol–water partition coefficient (Wildman–Crippen LogP) is 11.1. The van der Waals surface area contributed by atoms with Gasteiger partial charge in [0.15, 0.2) is 54.8 Å². The molecule has 6 N–H and O–H groups in total. The molecule has 4 aromatic heterocycles. The molecule has 46 heteroatoms. The zero-order valence-electron chi connectivity index (χ0n) is 76.5. The number of anilines is 3. The van der Waals surface area contributed by atoms with Crippen LogP contribution in [0.1, 0.15) is 94.9 Å². The number of thiazole rings is 4. The second kappa shape index (κ2) is 42.9. The van der Waals surface area contributed by atoms with Crippen molar-refractivity contribution in [2.75, 3.05) is 148 Å². The van der Waals surface area contributed by atoms with Crippen LogP contribution in [0.15, 0.2) is 192 Å². The lowest BCUT2D eigenvalue weighted by Gasteiger charge is -2.45. The molecule has 6 amide bonds. The number of nitrogens with one attached hydrogen (secondary N) is 3. The quantitative estimate of drug-likeness (QED) is 0.0196. The second-order valence-electron chi connectivity index (χ2n) is 34.5. The van der Waals surface area contributed by atoms with Gasteiger partial charge in [-0.05, 0) is 93.9 Å². The molecular weight excluding hydrogens is 1960 g/mol. The van der Waals surface area contributed by atoms with Gasteiger partial charge in [0.2, 0.25) is 0 Å². The summed E-state index contributed by atoms with van der Waals surface area (Å²) in [7, 11) is 5.45. The molecule has 0 radical (unpaired) electrons. The van der Waals surface area contributed by atoms with E-state index in [0.717, 1.165) is 11.3 Å². The third-order valence-electron chi connectivity index (χ3n) is 25.1. The third kappa shape index (κ3) is 21.5. The molecule has 0 bridgehead atoms. The maximum atomic E-state index is 14.0. The molecule has 8 atom stereocenters. The van der Waals surface area contributed by atoms with Gasteiger partial charge in [0.05, 0.1) is 87.5 Å². The summed E-state index contributed by atoms with van der Waals surface area (Å²) >= 11 is 24.7. The van der Waals surface area contributed by atoms with Gasteiger partial charge in [0.1, 0.15) is 53.5 Å². The van der Waals surface area contributed by atoms with Crippen molar-refractivity contribution in [3.05, 3.63) is 253 Å². The van der Waals surface area contributed by atoms with Crippen molar-refractivity contribution in [1.82, 2.24) is 65.3 Å². The highest BCUT2D eigenvalue weighted by molar-refractivity contribution is 7.14. The lowest BCUT2D eigenvalue weighted by Crippen LogP contribution is -2.64. The number of carboxylic acid groups (broad SMARTS) is 1. The van der Waals surface area contributed by atoms with Crippen LogP contribution in [-0.2, 0) is 54.1 Å². The Bertz CT molecular complexity index is 6480. The number of carboxylic acids is 1. The number of piperazine rings is 3. The lowest BCUT2D eigenvalue weighted by molar-refractivity contribution is -0.137.